The first-order valence-corrected chi connectivity index (χ1v) is 10.7. The number of aromatic nitrogens is 2. The smallest absolute Gasteiger partial charge is 0.230 e. The van der Waals surface area contributed by atoms with Crippen LogP contribution < -0.4 is 19.5 Å². The van der Waals surface area contributed by atoms with E-state index >= 15 is 0 Å². The maximum absolute atomic E-state index is 12.1. The minimum atomic E-state index is -0.0377. The molecular formula is C23H25N3O4S. The van der Waals surface area contributed by atoms with E-state index in [4.69, 9.17) is 14.2 Å². The van der Waals surface area contributed by atoms with E-state index in [9.17, 15) is 4.79 Å². The summed E-state index contributed by atoms with van der Waals surface area (Å²) in [5, 5.41) is 12.1. The average Bonchev–Trinajstić information content (AvgIpc) is 2.83. The van der Waals surface area contributed by atoms with Crippen molar-refractivity contribution in [3.8, 4) is 28.5 Å². The van der Waals surface area contributed by atoms with Crippen molar-refractivity contribution in [2.24, 2.45) is 0 Å². The van der Waals surface area contributed by atoms with Gasteiger partial charge in [0.25, 0.3) is 0 Å². The zero-order valence-corrected chi connectivity index (χ0v) is 18.6. The summed E-state index contributed by atoms with van der Waals surface area (Å²) < 4.78 is 15.7. The molecule has 0 fully saturated rings. The highest BCUT2D eigenvalue weighted by atomic mass is 32.2. The molecule has 0 saturated heterocycles. The Balaban J connectivity index is 1.46. The number of carbonyl (C=O) groups excluding carboxylic acids is 1. The Morgan fingerprint density at radius 1 is 0.903 bits per heavy atom. The molecule has 31 heavy (non-hydrogen) atoms. The van der Waals surface area contributed by atoms with Crippen molar-refractivity contribution in [2.45, 2.75) is 11.4 Å². The van der Waals surface area contributed by atoms with E-state index < -0.39 is 0 Å². The van der Waals surface area contributed by atoms with Crippen molar-refractivity contribution < 1.29 is 19.0 Å². The van der Waals surface area contributed by atoms with Gasteiger partial charge in [0.15, 0.2) is 11.5 Å². The molecule has 0 aliphatic carbocycles. The molecule has 8 heteroatoms. The summed E-state index contributed by atoms with van der Waals surface area (Å²) in [4.78, 5) is 12.1. The number of hydrogen-bond acceptors (Lipinski definition) is 7. The number of nitrogens with one attached hydrogen (secondary N) is 1. The van der Waals surface area contributed by atoms with Crippen LogP contribution in [0.15, 0.2) is 59.6 Å². The van der Waals surface area contributed by atoms with E-state index in [1.54, 1.807) is 21.3 Å². The van der Waals surface area contributed by atoms with Crippen LogP contribution in [0.25, 0.3) is 11.3 Å². The van der Waals surface area contributed by atoms with Crippen molar-refractivity contribution in [1.29, 1.82) is 0 Å². The Morgan fingerprint density at radius 2 is 1.68 bits per heavy atom. The minimum Gasteiger partial charge on any atom is -0.497 e. The Labute approximate surface area is 186 Å². The van der Waals surface area contributed by atoms with E-state index in [-0.39, 0.29) is 11.7 Å². The van der Waals surface area contributed by atoms with E-state index in [0.29, 0.717) is 28.8 Å². The molecule has 0 saturated carbocycles. The Morgan fingerprint density at radius 3 is 2.32 bits per heavy atom. The van der Waals surface area contributed by atoms with Gasteiger partial charge in [-0.15, -0.1) is 10.2 Å². The third-order valence-corrected chi connectivity index (χ3v) is 5.49. The van der Waals surface area contributed by atoms with Gasteiger partial charge >= 0.3 is 0 Å². The van der Waals surface area contributed by atoms with Gasteiger partial charge in [0.2, 0.25) is 5.91 Å². The minimum absolute atomic E-state index is 0.0377. The van der Waals surface area contributed by atoms with Gasteiger partial charge in [0.1, 0.15) is 10.8 Å². The Kier molecular flexibility index (Phi) is 8.12. The molecule has 162 valence electrons. The molecule has 0 atom stereocenters. The standard InChI is InChI=1S/C23H25N3O4S/c1-28-18-7-4-16(5-8-18)12-13-24-22(27)15-31-23-11-9-19(25-26-23)17-6-10-20(29-2)21(14-17)30-3/h4-11,14H,12-13,15H2,1-3H3,(H,24,27). The Bertz CT molecular complexity index is 995. The molecule has 1 N–H and O–H groups in total. The lowest BCUT2D eigenvalue weighted by atomic mass is 10.1. The molecule has 0 spiro atoms. The topological polar surface area (TPSA) is 82.6 Å². The number of nitrogens with zero attached hydrogens (tertiary/aromatic N) is 2. The lowest BCUT2D eigenvalue weighted by molar-refractivity contribution is -0.118. The van der Waals surface area contributed by atoms with Crippen molar-refractivity contribution in [3.63, 3.8) is 0 Å². The van der Waals surface area contributed by atoms with Gasteiger partial charge in [-0.25, -0.2) is 0 Å². The first-order valence-electron chi connectivity index (χ1n) is 9.71. The van der Waals surface area contributed by atoms with Crippen LogP contribution in [0.1, 0.15) is 5.56 Å². The number of benzene rings is 2. The fourth-order valence-corrected chi connectivity index (χ4v) is 3.52. The molecular weight excluding hydrogens is 414 g/mol. The SMILES string of the molecule is COc1ccc(CCNC(=O)CSc2ccc(-c3ccc(OC)c(OC)c3)nn2)cc1. The van der Waals surface area contributed by atoms with E-state index in [2.05, 4.69) is 15.5 Å². The molecule has 0 radical (unpaired) electrons. The van der Waals surface area contributed by atoms with Crippen LogP contribution in [-0.2, 0) is 11.2 Å². The fraction of sp³-hybridized carbons (Fsp3) is 0.261. The molecule has 1 amide bonds. The van der Waals surface area contributed by atoms with Crippen LogP contribution in [0.2, 0.25) is 0 Å². The molecule has 3 aromatic rings. The number of hydrogen-bond donors (Lipinski definition) is 1. The molecule has 2 aromatic carbocycles. The second-order valence-electron chi connectivity index (χ2n) is 6.56. The fourth-order valence-electron chi connectivity index (χ4n) is 2.88. The summed E-state index contributed by atoms with van der Waals surface area (Å²) in [5.74, 6) is 2.36. The monoisotopic (exact) mass is 439 g/mol. The number of carbonyl (C=O) groups is 1. The maximum atomic E-state index is 12.1. The van der Waals surface area contributed by atoms with E-state index in [1.807, 2.05) is 54.6 Å². The first kappa shape index (κ1) is 22.4. The van der Waals surface area contributed by atoms with Crippen LogP contribution in [0, 0.1) is 0 Å². The third kappa shape index (κ3) is 6.36. The lowest BCUT2D eigenvalue weighted by Crippen LogP contribution is -2.27. The molecule has 0 unspecified atom stereocenters. The predicted octanol–water partition coefficient (Wildman–Crippen LogP) is 3.62. The molecule has 1 heterocycles. The highest BCUT2D eigenvalue weighted by molar-refractivity contribution is 7.99. The highest BCUT2D eigenvalue weighted by Crippen LogP contribution is 2.31. The number of ether oxygens (including phenoxy) is 3. The van der Waals surface area contributed by atoms with Gasteiger partial charge in [-0.2, -0.15) is 0 Å². The van der Waals surface area contributed by atoms with Crippen LogP contribution in [0.3, 0.4) is 0 Å². The number of methoxy groups -OCH3 is 3. The predicted molar refractivity (Wildman–Crippen MR) is 121 cm³/mol. The van der Waals surface area contributed by atoms with Crippen LogP contribution in [-0.4, -0.2) is 49.7 Å². The molecule has 0 bridgehead atoms. The first-order chi connectivity index (χ1) is 15.1. The summed E-state index contributed by atoms with van der Waals surface area (Å²) >= 11 is 1.35. The molecule has 0 aliphatic rings. The van der Waals surface area contributed by atoms with Gasteiger partial charge in [0.05, 0.1) is 32.8 Å². The lowest BCUT2D eigenvalue weighted by Gasteiger charge is -2.09. The number of rotatable bonds is 10. The molecule has 0 aliphatic heterocycles. The molecule has 3 rings (SSSR count). The summed E-state index contributed by atoms with van der Waals surface area (Å²) in [6.07, 6.45) is 0.764. The zero-order valence-electron chi connectivity index (χ0n) is 17.8. The van der Waals surface area contributed by atoms with Crippen LogP contribution >= 0.6 is 11.8 Å². The van der Waals surface area contributed by atoms with Crippen LogP contribution in [0.5, 0.6) is 17.2 Å². The summed E-state index contributed by atoms with van der Waals surface area (Å²) in [6, 6.07) is 17.1. The largest absolute Gasteiger partial charge is 0.497 e. The zero-order chi connectivity index (χ0) is 22.1. The van der Waals surface area contributed by atoms with Gasteiger partial charge in [-0.05, 0) is 54.4 Å². The van der Waals surface area contributed by atoms with Crippen LogP contribution in [0.4, 0.5) is 0 Å². The normalized spacial score (nSPS) is 10.4. The van der Waals surface area contributed by atoms with Gasteiger partial charge in [0, 0.05) is 12.1 Å². The second-order valence-corrected chi connectivity index (χ2v) is 7.56. The summed E-state index contributed by atoms with van der Waals surface area (Å²) in [5.41, 5.74) is 2.73. The van der Waals surface area contributed by atoms with Crippen molar-refractivity contribution in [3.05, 3.63) is 60.2 Å². The second kappa shape index (κ2) is 11.2. The third-order valence-electron chi connectivity index (χ3n) is 4.57. The highest BCUT2D eigenvalue weighted by Gasteiger charge is 2.09. The Hall–Kier alpha value is -3.26. The average molecular weight is 440 g/mol. The molecule has 1 aromatic heterocycles. The number of thioether (sulfide) groups is 1. The van der Waals surface area contributed by atoms with Crippen molar-refractivity contribution in [1.82, 2.24) is 15.5 Å². The van der Waals surface area contributed by atoms with Crippen molar-refractivity contribution >= 4 is 17.7 Å². The number of amides is 1. The van der Waals surface area contributed by atoms with Gasteiger partial charge < -0.3 is 19.5 Å². The maximum Gasteiger partial charge on any atom is 0.230 e. The van der Waals surface area contributed by atoms with Crippen molar-refractivity contribution in [2.75, 3.05) is 33.6 Å². The summed E-state index contributed by atoms with van der Waals surface area (Å²) in [7, 11) is 4.83. The quantitative estimate of drug-likeness (QED) is 0.483. The van der Waals surface area contributed by atoms with Gasteiger partial charge in [-0.1, -0.05) is 23.9 Å². The molecule has 7 nitrogen and oxygen atoms in total. The van der Waals surface area contributed by atoms with E-state index in [1.165, 1.54) is 11.8 Å². The summed E-state index contributed by atoms with van der Waals surface area (Å²) in [6.45, 7) is 0.579. The van der Waals surface area contributed by atoms with E-state index in [0.717, 1.165) is 23.3 Å². The van der Waals surface area contributed by atoms with Gasteiger partial charge in [-0.3, -0.25) is 4.79 Å².